The van der Waals surface area contributed by atoms with Crippen molar-refractivity contribution in [2.75, 3.05) is 0 Å². The van der Waals surface area contributed by atoms with Crippen LogP contribution < -0.4 is 0 Å². The van der Waals surface area contributed by atoms with Crippen LogP contribution >= 0.6 is 0 Å². The van der Waals surface area contributed by atoms with E-state index in [4.69, 9.17) is 7.76 Å². The quantitative estimate of drug-likeness (QED) is 0.0360. The number of aryl methyl sites for hydroxylation is 2. The van der Waals surface area contributed by atoms with Gasteiger partial charge in [0.05, 0.1) is 0 Å². The van der Waals surface area contributed by atoms with Crippen LogP contribution in [0.5, 0.6) is 0 Å². The molecule has 57 heavy (non-hydrogen) atoms. The van der Waals surface area contributed by atoms with E-state index in [9.17, 15) is 5.53 Å². The zero-order valence-corrected chi connectivity index (χ0v) is 36.5. The normalized spacial score (nSPS) is 12.7. The van der Waals surface area contributed by atoms with E-state index < -0.39 is 0 Å². The summed E-state index contributed by atoms with van der Waals surface area (Å²) >= 11 is 0.863. The SMILES string of the molecule is CCCCCCCCc1cccc(C2=C(CCCCC)C(CCCCC)=C(c3ccc(CCCC)cc3)[N+]2=[N-])c1.c1ccc(C[O][Ni][O]Cc2ccccc2)cc1. The van der Waals surface area contributed by atoms with Gasteiger partial charge in [0.2, 0.25) is 11.4 Å². The van der Waals surface area contributed by atoms with Crippen LogP contribution in [-0.2, 0) is 48.9 Å². The van der Waals surface area contributed by atoms with E-state index in [0.29, 0.717) is 13.2 Å². The summed E-state index contributed by atoms with van der Waals surface area (Å²) in [6, 6.07) is 38.1. The molecule has 0 unspecified atom stereocenters. The Labute approximate surface area is 353 Å². The molecular weight excluding hydrogens is 743 g/mol. The molecule has 1 heterocycles. The third-order valence-corrected chi connectivity index (χ3v) is 11.2. The van der Waals surface area contributed by atoms with Gasteiger partial charge in [-0.3, -0.25) is 0 Å². The molecule has 0 aromatic heterocycles. The van der Waals surface area contributed by atoms with Crippen LogP contribution in [-0.4, -0.2) is 4.70 Å². The summed E-state index contributed by atoms with van der Waals surface area (Å²) < 4.78 is 12.3. The molecule has 4 nitrogen and oxygen atoms in total. The van der Waals surface area contributed by atoms with Crippen molar-refractivity contribution in [1.29, 1.82) is 0 Å². The average Bonchev–Trinajstić information content (AvgIpc) is 3.52. The van der Waals surface area contributed by atoms with Crippen molar-refractivity contribution in [3.8, 4) is 0 Å². The van der Waals surface area contributed by atoms with Crippen LogP contribution in [0.15, 0.2) is 120 Å². The maximum absolute atomic E-state index is 11.9. The number of allylic oxidation sites excluding steroid dienone is 2. The van der Waals surface area contributed by atoms with Gasteiger partial charge < -0.3 is 5.53 Å². The van der Waals surface area contributed by atoms with E-state index in [0.717, 1.165) is 68.9 Å². The molecule has 0 aliphatic carbocycles. The molecular formula is C52H70N2NiO2. The fourth-order valence-corrected chi connectivity index (χ4v) is 7.93. The molecule has 5 rings (SSSR count). The minimum atomic E-state index is 0.565. The summed E-state index contributed by atoms with van der Waals surface area (Å²) in [5, 5.41) is 0. The number of rotatable bonds is 26. The first-order valence-electron chi connectivity index (χ1n) is 22.1. The van der Waals surface area contributed by atoms with Crippen LogP contribution in [0.4, 0.5) is 0 Å². The summed E-state index contributed by atoms with van der Waals surface area (Å²) in [4.78, 5) is 0. The van der Waals surface area contributed by atoms with Gasteiger partial charge in [0.25, 0.3) is 0 Å². The Morgan fingerprint density at radius 2 is 0.877 bits per heavy atom. The molecule has 0 saturated carbocycles. The zero-order valence-electron chi connectivity index (χ0n) is 35.6. The van der Waals surface area contributed by atoms with E-state index in [-0.39, 0.29) is 0 Å². The van der Waals surface area contributed by atoms with Crippen molar-refractivity contribution in [3.05, 3.63) is 159 Å². The Morgan fingerprint density at radius 3 is 1.44 bits per heavy atom. The average molecular weight is 814 g/mol. The summed E-state index contributed by atoms with van der Waals surface area (Å²) in [5.74, 6) is 0. The van der Waals surface area contributed by atoms with Gasteiger partial charge in [-0.05, 0) is 86.8 Å². The van der Waals surface area contributed by atoms with Gasteiger partial charge in [-0.25, -0.2) is 4.70 Å². The van der Waals surface area contributed by atoms with Crippen LogP contribution in [0.2, 0.25) is 0 Å². The summed E-state index contributed by atoms with van der Waals surface area (Å²) in [6.07, 6.45) is 21.8. The molecule has 0 radical (unpaired) electrons. The molecule has 4 aromatic rings. The molecule has 0 saturated heterocycles. The molecule has 0 amide bonds. The Bertz CT molecular complexity index is 1720. The van der Waals surface area contributed by atoms with Gasteiger partial charge in [0, 0.05) is 22.3 Å². The molecule has 0 N–H and O–H groups in total. The third-order valence-electron chi connectivity index (χ3n) is 10.7. The predicted octanol–water partition coefficient (Wildman–Crippen LogP) is 15.6. The monoisotopic (exact) mass is 812 g/mol. The Hall–Kier alpha value is -3.63. The third kappa shape index (κ3) is 16.3. The van der Waals surface area contributed by atoms with Crippen LogP contribution in [0.3, 0.4) is 0 Å². The van der Waals surface area contributed by atoms with Crippen LogP contribution in [0.1, 0.15) is 164 Å². The first kappa shape index (κ1) is 46.1. The van der Waals surface area contributed by atoms with E-state index in [2.05, 4.69) is 76.2 Å². The van der Waals surface area contributed by atoms with Crippen LogP contribution in [0, 0.1) is 0 Å². The first-order valence-corrected chi connectivity index (χ1v) is 23.0. The topological polar surface area (TPSA) is 43.8 Å². The molecule has 4 aromatic carbocycles. The minimum absolute atomic E-state index is 0.565. The van der Waals surface area contributed by atoms with E-state index in [1.807, 2.05) is 60.7 Å². The van der Waals surface area contributed by atoms with Crippen LogP contribution in [0.25, 0.3) is 16.9 Å². The van der Waals surface area contributed by atoms with Crippen molar-refractivity contribution in [2.45, 2.75) is 156 Å². The molecule has 0 fully saturated rings. The molecule has 0 atom stereocenters. The second-order valence-electron chi connectivity index (χ2n) is 15.4. The fourth-order valence-electron chi connectivity index (χ4n) is 7.40. The van der Waals surface area contributed by atoms with Gasteiger partial charge in [0.15, 0.2) is 0 Å². The number of hydrogen-bond donors (Lipinski definition) is 0. The van der Waals surface area contributed by atoms with Gasteiger partial charge in [-0.15, -0.1) is 0 Å². The molecule has 0 bridgehead atoms. The van der Waals surface area contributed by atoms with E-state index >= 15 is 0 Å². The zero-order chi connectivity index (χ0) is 40.3. The van der Waals surface area contributed by atoms with Crippen molar-refractivity contribution in [1.82, 2.24) is 0 Å². The Kier molecular flexibility index (Phi) is 22.6. The summed E-state index contributed by atoms with van der Waals surface area (Å²) in [7, 11) is 0. The Morgan fingerprint density at radius 1 is 0.421 bits per heavy atom. The second kappa shape index (κ2) is 27.9. The number of nitrogens with zero attached hydrogens (tertiary/aromatic N) is 2. The summed E-state index contributed by atoms with van der Waals surface area (Å²) in [6.45, 7) is 10.2. The van der Waals surface area contributed by atoms with Crippen molar-refractivity contribution >= 4 is 11.4 Å². The first-order chi connectivity index (χ1) is 28.1. The van der Waals surface area contributed by atoms with Crippen molar-refractivity contribution in [2.24, 2.45) is 0 Å². The Balaban J connectivity index is 0.000000350. The molecule has 1 aliphatic heterocycles. The maximum atomic E-state index is 11.9. The van der Waals surface area contributed by atoms with Crippen molar-refractivity contribution < 1.29 is 27.5 Å². The number of hydrogen-bond acceptors (Lipinski definition) is 2. The number of unbranched alkanes of at least 4 members (excludes halogenated alkanes) is 10. The van der Waals surface area contributed by atoms with Gasteiger partial charge in [-0.1, -0.05) is 116 Å². The second-order valence-corrected chi connectivity index (χ2v) is 16.1. The van der Waals surface area contributed by atoms with E-state index in [1.165, 1.54) is 118 Å². The molecule has 1 aliphatic rings. The summed E-state index contributed by atoms with van der Waals surface area (Å²) in [5.41, 5.74) is 24.1. The van der Waals surface area contributed by atoms with Gasteiger partial charge >= 0.3 is 108 Å². The van der Waals surface area contributed by atoms with Crippen molar-refractivity contribution in [3.63, 3.8) is 0 Å². The standard InChI is InChI=1S/C38H56N2.2C7H7O.Ni/c1-5-9-13-14-15-18-21-32-22-19-23-34(30-32)38-36(25-17-11-7-3)35(24-16-10-6-2)37(40(38)39)33-28-26-31(27-29-33)20-12-8-4;2*8-6-7-4-2-1-3-5-7;/h19,22-23,26-30H,5-18,20-21,24-25H2,1-4H3;2*1-5H,6H2;/q;2*-1;+2. The van der Waals surface area contributed by atoms with Gasteiger partial charge in [0.1, 0.15) is 0 Å². The predicted molar refractivity (Wildman–Crippen MR) is 237 cm³/mol. The van der Waals surface area contributed by atoms with Gasteiger partial charge in [-0.2, -0.15) is 0 Å². The molecule has 0 spiro atoms. The van der Waals surface area contributed by atoms with E-state index in [1.54, 1.807) is 4.70 Å². The number of benzene rings is 4. The molecule has 310 valence electrons. The fraction of sp³-hybridized carbons (Fsp3) is 0.462. The molecule has 5 heteroatoms.